The molecular weight excluding hydrogens is 264 g/mol. The number of amides is 1. The lowest BCUT2D eigenvalue weighted by Crippen LogP contribution is -2.25. The highest BCUT2D eigenvalue weighted by molar-refractivity contribution is 5.92. The average molecular weight is 284 g/mol. The van der Waals surface area contributed by atoms with E-state index in [1.165, 1.54) is 0 Å². The summed E-state index contributed by atoms with van der Waals surface area (Å²) in [6, 6.07) is 8.10. The first kappa shape index (κ1) is 13.7. The molecular formula is C16H20N4O. The number of carbonyl (C=O) groups is 1. The van der Waals surface area contributed by atoms with E-state index in [0.29, 0.717) is 18.2 Å². The quantitative estimate of drug-likeness (QED) is 0.561. The number of fused-ring (bicyclic) bond motifs is 1. The third kappa shape index (κ3) is 3.62. The van der Waals surface area contributed by atoms with Crippen molar-refractivity contribution in [1.29, 1.82) is 0 Å². The zero-order valence-corrected chi connectivity index (χ0v) is 11.9. The number of nitrogens with two attached hydrogens (primary N) is 1. The van der Waals surface area contributed by atoms with Crippen LogP contribution < -0.4 is 16.4 Å². The number of pyridine rings is 1. The van der Waals surface area contributed by atoms with E-state index in [-0.39, 0.29) is 5.91 Å². The van der Waals surface area contributed by atoms with Crippen molar-refractivity contribution in [3.63, 3.8) is 0 Å². The fraction of sp³-hybridized carbons (Fsp3) is 0.375. The van der Waals surface area contributed by atoms with Crippen LogP contribution in [-0.2, 0) is 4.79 Å². The lowest BCUT2D eigenvalue weighted by atomic mass is 10.1. The molecule has 1 aliphatic rings. The second kappa shape index (κ2) is 5.99. The summed E-state index contributed by atoms with van der Waals surface area (Å²) in [6.45, 7) is 0.765. The molecule has 0 unspecified atom stereocenters. The topological polar surface area (TPSA) is 80.0 Å². The maximum absolute atomic E-state index is 11.6. The fourth-order valence-corrected chi connectivity index (χ4v) is 2.32. The van der Waals surface area contributed by atoms with Gasteiger partial charge in [-0.25, -0.2) is 0 Å². The van der Waals surface area contributed by atoms with Gasteiger partial charge in [0.2, 0.25) is 5.91 Å². The molecule has 1 heterocycles. The summed E-state index contributed by atoms with van der Waals surface area (Å²) in [5, 5.41) is 7.42. The molecule has 1 fully saturated rings. The third-order valence-corrected chi connectivity index (χ3v) is 3.61. The van der Waals surface area contributed by atoms with Crippen molar-refractivity contribution in [1.82, 2.24) is 10.3 Å². The Morgan fingerprint density at radius 3 is 3.00 bits per heavy atom. The smallest absolute Gasteiger partial charge is 0.220 e. The number of rotatable bonds is 6. The molecule has 1 aromatic heterocycles. The van der Waals surface area contributed by atoms with Crippen LogP contribution in [0.15, 0.2) is 30.5 Å². The highest BCUT2D eigenvalue weighted by Crippen LogP contribution is 2.23. The van der Waals surface area contributed by atoms with Crippen molar-refractivity contribution in [2.45, 2.75) is 31.7 Å². The van der Waals surface area contributed by atoms with Gasteiger partial charge in [0.05, 0.1) is 5.52 Å². The van der Waals surface area contributed by atoms with E-state index in [0.717, 1.165) is 42.4 Å². The Balaban J connectivity index is 1.54. The van der Waals surface area contributed by atoms with E-state index < -0.39 is 0 Å². The first-order chi connectivity index (χ1) is 10.2. The van der Waals surface area contributed by atoms with Crippen LogP contribution in [0, 0.1) is 0 Å². The number of anilines is 2. The van der Waals surface area contributed by atoms with Gasteiger partial charge in [-0.05, 0) is 43.5 Å². The number of carbonyl (C=O) groups excluding carboxylic acids is 1. The highest BCUT2D eigenvalue weighted by Gasteiger charge is 2.22. The molecule has 3 rings (SSSR count). The molecule has 1 aliphatic carbocycles. The first-order valence-corrected chi connectivity index (χ1v) is 7.40. The highest BCUT2D eigenvalue weighted by atomic mass is 16.1. The van der Waals surface area contributed by atoms with E-state index in [1.807, 2.05) is 24.3 Å². The standard InChI is InChI=1S/C16H20N4O/c17-11-3-6-13-14(7-9-19-15(13)10-11)18-8-1-2-16(21)20-12-4-5-12/h3,6-7,9-10,12H,1-2,4-5,8,17H2,(H,18,19)(H,20,21). The van der Waals surface area contributed by atoms with Crippen LogP contribution in [0.25, 0.3) is 10.9 Å². The molecule has 0 atom stereocenters. The van der Waals surface area contributed by atoms with Crippen molar-refractivity contribution in [2.75, 3.05) is 17.6 Å². The SMILES string of the molecule is Nc1ccc2c(NCCCC(=O)NC3CC3)ccnc2c1. The van der Waals surface area contributed by atoms with E-state index in [9.17, 15) is 4.79 Å². The second-order valence-corrected chi connectivity index (χ2v) is 5.51. The minimum absolute atomic E-state index is 0.159. The molecule has 0 aliphatic heterocycles. The van der Waals surface area contributed by atoms with E-state index in [2.05, 4.69) is 15.6 Å². The van der Waals surface area contributed by atoms with Gasteiger partial charge in [0.25, 0.3) is 0 Å². The minimum Gasteiger partial charge on any atom is -0.399 e. The van der Waals surface area contributed by atoms with Crippen LogP contribution in [-0.4, -0.2) is 23.5 Å². The van der Waals surface area contributed by atoms with Gasteiger partial charge in [0.1, 0.15) is 0 Å². The van der Waals surface area contributed by atoms with Crippen molar-refractivity contribution in [3.8, 4) is 0 Å². The summed E-state index contributed by atoms with van der Waals surface area (Å²) in [4.78, 5) is 15.9. The van der Waals surface area contributed by atoms with Gasteiger partial charge in [0, 0.05) is 42.0 Å². The molecule has 1 saturated carbocycles. The van der Waals surface area contributed by atoms with Gasteiger partial charge in [-0.15, -0.1) is 0 Å². The van der Waals surface area contributed by atoms with Gasteiger partial charge in [-0.2, -0.15) is 0 Å². The van der Waals surface area contributed by atoms with Crippen molar-refractivity contribution in [3.05, 3.63) is 30.5 Å². The molecule has 110 valence electrons. The lowest BCUT2D eigenvalue weighted by molar-refractivity contribution is -0.121. The maximum atomic E-state index is 11.6. The number of nitrogens with one attached hydrogen (secondary N) is 2. The van der Waals surface area contributed by atoms with Crippen LogP contribution in [0.1, 0.15) is 25.7 Å². The molecule has 0 bridgehead atoms. The normalized spacial score (nSPS) is 14.1. The third-order valence-electron chi connectivity index (χ3n) is 3.61. The van der Waals surface area contributed by atoms with Gasteiger partial charge in [-0.1, -0.05) is 0 Å². The number of aromatic nitrogens is 1. The molecule has 4 N–H and O–H groups in total. The number of nitrogens with zero attached hydrogens (tertiary/aromatic N) is 1. The molecule has 5 nitrogen and oxygen atoms in total. The Labute approximate surface area is 123 Å². The fourth-order valence-electron chi connectivity index (χ4n) is 2.32. The minimum atomic E-state index is 0.159. The zero-order chi connectivity index (χ0) is 14.7. The van der Waals surface area contributed by atoms with Gasteiger partial charge < -0.3 is 16.4 Å². The predicted octanol–water partition coefficient (Wildman–Crippen LogP) is 2.29. The summed E-state index contributed by atoms with van der Waals surface area (Å²) in [7, 11) is 0. The summed E-state index contributed by atoms with van der Waals surface area (Å²) >= 11 is 0. The molecule has 1 amide bonds. The number of benzene rings is 1. The zero-order valence-electron chi connectivity index (χ0n) is 11.9. The number of hydrogen-bond acceptors (Lipinski definition) is 4. The van der Waals surface area contributed by atoms with E-state index in [4.69, 9.17) is 5.73 Å². The Bertz CT molecular complexity index is 652. The van der Waals surface area contributed by atoms with Crippen molar-refractivity contribution in [2.24, 2.45) is 0 Å². The molecule has 2 aromatic rings. The van der Waals surface area contributed by atoms with Crippen molar-refractivity contribution >= 4 is 28.2 Å². The predicted molar refractivity (Wildman–Crippen MR) is 85.0 cm³/mol. The lowest BCUT2D eigenvalue weighted by Gasteiger charge is -2.09. The Kier molecular flexibility index (Phi) is 3.90. The first-order valence-electron chi connectivity index (χ1n) is 7.40. The van der Waals surface area contributed by atoms with Gasteiger partial charge in [-0.3, -0.25) is 9.78 Å². The van der Waals surface area contributed by atoms with Crippen molar-refractivity contribution < 1.29 is 4.79 Å². The molecule has 1 aromatic carbocycles. The van der Waals surface area contributed by atoms with Crippen LogP contribution >= 0.6 is 0 Å². The Morgan fingerprint density at radius 2 is 2.19 bits per heavy atom. The Hall–Kier alpha value is -2.30. The maximum Gasteiger partial charge on any atom is 0.220 e. The molecule has 21 heavy (non-hydrogen) atoms. The van der Waals surface area contributed by atoms with Crippen LogP contribution in [0.3, 0.4) is 0 Å². The Morgan fingerprint density at radius 1 is 1.33 bits per heavy atom. The summed E-state index contributed by atoms with van der Waals surface area (Å²) in [5.74, 6) is 0.159. The van der Waals surface area contributed by atoms with Crippen LogP contribution in [0.2, 0.25) is 0 Å². The summed E-state index contributed by atoms with van der Waals surface area (Å²) in [5.41, 5.74) is 8.39. The second-order valence-electron chi connectivity index (χ2n) is 5.51. The van der Waals surface area contributed by atoms with Gasteiger partial charge >= 0.3 is 0 Å². The largest absolute Gasteiger partial charge is 0.399 e. The summed E-state index contributed by atoms with van der Waals surface area (Å²) in [6.07, 6.45) is 5.42. The van der Waals surface area contributed by atoms with Crippen LogP contribution in [0.4, 0.5) is 11.4 Å². The van der Waals surface area contributed by atoms with Gasteiger partial charge in [0.15, 0.2) is 0 Å². The molecule has 5 heteroatoms. The average Bonchev–Trinajstić information content (AvgIpc) is 3.27. The molecule has 0 saturated heterocycles. The van der Waals surface area contributed by atoms with E-state index in [1.54, 1.807) is 6.20 Å². The van der Waals surface area contributed by atoms with Crippen LogP contribution in [0.5, 0.6) is 0 Å². The molecule has 0 radical (unpaired) electrons. The number of nitrogen functional groups attached to an aromatic ring is 1. The number of hydrogen-bond donors (Lipinski definition) is 3. The summed E-state index contributed by atoms with van der Waals surface area (Å²) < 4.78 is 0. The van der Waals surface area contributed by atoms with E-state index >= 15 is 0 Å². The monoisotopic (exact) mass is 284 g/mol. The molecule has 0 spiro atoms.